The van der Waals surface area contributed by atoms with Crippen molar-refractivity contribution in [1.82, 2.24) is 9.13 Å². The Hall–Kier alpha value is -8.60. The molecule has 0 atom stereocenters. The molecule has 66 heavy (non-hydrogen) atoms. The lowest BCUT2D eigenvalue weighted by molar-refractivity contribution is 1.18. The van der Waals surface area contributed by atoms with Crippen molar-refractivity contribution in [2.75, 3.05) is 10.2 Å². The summed E-state index contributed by atoms with van der Waals surface area (Å²) in [6.07, 6.45) is 0. The molecule has 0 saturated heterocycles. The van der Waals surface area contributed by atoms with Crippen LogP contribution >= 0.6 is 0 Å². The molecule has 10 aromatic carbocycles. The minimum atomic E-state index is 1.05. The third kappa shape index (κ3) is 6.88. The van der Waals surface area contributed by atoms with Crippen molar-refractivity contribution in [1.29, 1.82) is 0 Å². The second kappa shape index (κ2) is 16.2. The molecule has 0 fully saturated rings. The van der Waals surface area contributed by atoms with E-state index in [2.05, 4.69) is 270 Å². The minimum Gasteiger partial charge on any atom is -0.355 e. The number of para-hydroxylation sites is 4. The Balaban J connectivity index is 0.860. The van der Waals surface area contributed by atoms with E-state index in [4.69, 9.17) is 0 Å². The number of nitrogens with zero attached hydrogens (tertiary/aromatic N) is 3. The van der Waals surface area contributed by atoms with Crippen molar-refractivity contribution in [3.8, 4) is 33.6 Å². The number of anilines is 5. The largest absolute Gasteiger partial charge is 0.355 e. The van der Waals surface area contributed by atoms with Gasteiger partial charge in [0.05, 0.1) is 22.1 Å². The fraction of sp³-hybridized carbons (Fsp3) is 0.0323. The van der Waals surface area contributed by atoms with Crippen LogP contribution in [0.4, 0.5) is 28.4 Å². The smallest absolute Gasteiger partial charge is 0.0542 e. The van der Waals surface area contributed by atoms with Crippen LogP contribution < -0.4 is 10.2 Å². The van der Waals surface area contributed by atoms with Gasteiger partial charge in [-0.1, -0.05) is 139 Å². The molecule has 12 aromatic rings. The lowest BCUT2D eigenvalue weighted by atomic mass is 9.97. The second-order valence-electron chi connectivity index (χ2n) is 17.3. The lowest BCUT2D eigenvalue weighted by Crippen LogP contribution is -2.10. The van der Waals surface area contributed by atoms with E-state index in [0.717, 1.165) is 45.4 Å². The molecule has 12 rings (SSSR count). The van der Waals surface area contributed by atoms with Crippen LogP contribution in [0, 0.1) is 13.8 Å². The van der Waals surface area contributed by atoms with Crippen LogP contribution in [0.1, 0.15) is 11.1 Å². The maximum atomic E-state index is 3.81. The molecule has 0 aliphatic carbocycles. The van der Waals surface area contributed by atoms with Gasteiger partial charge in [0.15, 0.2) is 0 Å². The van der Waals surface area contributed by atoms with E-state index in [1.807, 2.05) is 0 Å². The van der Waals surface area contributed by atoms with Crippen LogP contribution in [0.2, 0.25) is 0 Å². The topological polar surface area (TPSA) is 25.1 Å². The van der Waals surface area contributed by atoms with Crippen LogP contribution in [-0.4, -0.2) is 9.13 Å². The van der Waals surface area contributed by atoms with Crippen molar-refractivity contribution in [2.45, 2.75) is 13.8 Å². The van der Waals surface area contributed by atoms with Gasteiger partial charge in [-0.3, -0.25) is 0 Å². The van der Waals surface area contributed by atoms with Crippen LogP contribution in [0.15, 0.2) is 237 Å². The van der Waals surface area contributed by atoms with E-state index in [1.54, 1.807) is 0 Å². The molecule has 0 aliphatic rings. The SMILES string of the molecule is Cc1ccc(N(c2ccc(-c3ccc(-c4cc(C)ccc4Nc4ccc5c(c4)c4ccccc4n5-c4ccccc4)cc3)cc2)c2ccc3c(c2)c2ccccc2n3-c2ccccc2)cc1. The molecule has 0 spiro atoms. The Morgan fingerprint density at radius 3 is 1.39 bits per heavy atom. The average molecular weight is 847 g/mol. The fourth-order valence-electron chi connectivity index (χ4n) is 9.81. The van der Waals surface area contributed by atoms with E-state index in [9.17, 15) is 0 Å². The summed E-state index contributed by atoms with van der Waals surface area (Å²) >= 11 is 0. The summed E-state index contributed by atoms with van der Waals surface area (Å²) in [7, 11) is 0. The Kier molecular flexibility index (Phi) is 9.57. The van der Waals surface area contributed by atoms with Gasteiger partial charge < -0.3 is 19.4 Å². The van der Waals surface area contributed by atoms with Gasteiger partial charge in [-0.2, -0.15) is 0 Å². The van der Waals surface area contributed by atoms with Gasteiger partial charge in [0.25, 0.3) is 0 Å². The third-order valence-electron chi connectivity index (χ3n) is 13.0. The number of hydrogen-bond donors (Lipinski definition) is 1. The first-order valence-electron chi connectivity index (χ1n) is 22.7. The van der Waals surface area contributed by atoms with Crippen LogP contribution in [0.3, 0.4) is 0 Å². The van der Waals surface area contributed by atoms with E-state index in [0.29, 0.717) is 0 Å². The first-order valence-corrected chi connectivity index (χ1v) is 22.7. The van der Waals surface area contributed by atoms with Gasteiger partial charge in [0.1, 0.15) is 0 Å². The molecule has 1 N–H and O–H groups in total. The summed E-state index contributed by atoms with van der Waals surface area (Å²) in [4.78, 5) is 2.37. The monoisotopic (exact) mass is 846 g/mol. The molecular formula is C62H46N4. The van der Waals surface area contributed by atoms with Gasteiger partial charge in [0, 0.05) is 66.9 Å². The predicted octanol–water partition coefficient (Wildman–Crippen LogP) is 17.0. The second-order valence-corrected chi connectivity index (χ2v) is 17.3. The molecule has 4 heteroatoms. The Morgan fingerprint density at radius 2 is 0.788 bits per heavy atom. The van der Waals surface area contributed by atoms with E-state index < -0.39 is 0 Å². The first-order chi connectivity index (χ1) is 32.5. The number of aryl methyl sites for hydroxylation is 2. The molecule has 0 saturated carbocycles. The highest BCUT2D eigenvalue weighted by molar-refractivity contribution is 6.12. The molecule has 2 aromatic heterocycles. The van der Waals surface area contributed by atoms with Crippen molar-refractivity contribution in [3.05, 3.63) is 248 Å². The normalized spacial score (nSPS) is 11.5. The van der Waals surface area contributed by atoms with Crippen molar-refractivity contribution in [3.63, 3.8) is 0 Å². The van der Waals surface area contributed by atoms with Gasteiger partial charge in [-0.15, -0.1) is 0 Å². The highest BCUT2D eigenvalue weighted by atomic mass is 15.1. The summed E-state index contributed by atoms with van der Waals surface area (Å²) in [6.45, 7) is 4.30. The first kappa shape index (κ1) is 39.0. The molecule has 0 bridgehead atoms. The van der Waals surface area contributed by atoms with Crippen LogP contribution in [0.25, 0.3) is 77.2 Å². The maximum absolute atomic E-state index is 3.81. The van der Waals surface area contributed by atoms with Gasteiger partial charge >= 0.3 is 0 Å². The molecule has 4 nitrogen and oxygen atoms in total. The zero-order valence-corrected chi connectivity index (χ0v) is 36.9. The van der Waals surface area contributed by atoms with E-state index >= 15 is 0 Å². The molecule has 0 aliphatic heterocycles. The molecule has 0 amide bonds. The Morgan fingerprint density at radius 1 is 0.333 bits per heavy atom. The predicted molar refractivity (Wildman–Crippen MR) is 280 cm³/mol. The number of aromatic nitrogens is 2. The van der Waals surface area contributed by atoms with E-state index in [-0.39, 0.29) is 0 Å². The van der Waals surface area contributed by atoms with Gasteiger partial charge in [-0.25, -0.2) is 0 Å². The molecule has 2 heterocycles. The fourth-order valence-corrected chi connectivity index (χ4v) is 9.81. The summed E-state index contributed by atoms with van der Waals surface area (Å²) < 4.78 is 4.72. The highest BCUT2D eigenvalue weighted by Crippen LogP contribution is 2.41. The van der Waals surface area contributed by atoms with Crippen LogP contribution in [0.5, 0.6) is 0 Å². The molecule has 0 unspecified atom stereocenters. The number of rotatable bonds is 9. The zero-order valence-electron chi connectivity index (χ0n) is 36.9. The number of fused-ring (bicyclic) bond motifs is 6. The van der Waals surface area contributed by atoms with E-state index in [1.165, 1.54) is 71.4 Å². The van der Waals surface area contributed by atoms with Gasteiger partial charge in [0.2, 0.25) is 0 Å². The average Bonchev–Trinajstić information content (AvgIpc) is 3.88. The third-order valence-corrected chi connectivity index (χ3v) is 13.0. The highest BCUT2D eigenvalue weighted by Gasteiger charge is 2.18. The Bertz CT molecular complexity index is 3710. The zero-order chi connectivity index (χ0) is 44.1. The Labute approximate surface area is 384 Å². The summed E-state index contributed by atoms with van der Waals surface area (Å²) in [5.74, 6) is 0. The summed E-state index contributed by atoms with van der Waals surface area (Å²) in [5.41, 5.74) is 19.7. The summed E-state index contributed by atoms with van der Waals surface area (Å²) in [6, 6.07) is 85.7. The minimum absolute atomic E-state index is 1.05. The molecule has 314 valence electrons. The standard InChI is InChI=1S/C62H46N4/c1-42-21-31-50(32-22-42)64(52-35-38-62-57(41-52)54-18-10-12-20-60(54)66(62)49-15-7-4-8-16-49)51-33-28-45(29-34-51)44-24-26-46(27-25-44)55-39-43(2)23-36-58(55)63-47-30-37-61-56(40-47)53-17-9-11-19-59(53)65(61)48-13-5-3-6-14-48/h3-41,63H,1-2H3. The van der Waals surface area contributed by atoms with Crippen molar-refractivity contribution in [2.24, 2.45) is 0 Å². The number of hydrogen-bond acceptors (Lipinski definition) is 2. The lowest BCUT2D eigenvalue weighted by Gasteiger charge is -2.26. The number of benzene rings is 10. The maximum Gasteiger partial charge on any atom is 0.0542 e. The molecule has 0 radical (unpaired) electrons. The van der Waals surface area contributed by atoms with Crippen LogP contribution in [-0.2, 0) is 0 Å². The number of nitrogens with one attached hydrogen (secondary N) is 1. The van der Waals surface area contributed by atoms with Crippen molar-refractivity contribution >= 4 is 72.0 Å². The van der Waals surface area contributed by atoms with Crippen molar-refractivity contribution < 1.29 is 0 Å². The van der Waals surface area contributed by atoms with Gasteiger partial charge in [-0.05, 0) is 140 Å². The molecular weight excluding hydrogens is 801 g/mol. The summed E-state index contributed by atoms with van der Waals surface area (Å²) in [5, 5.41) is 8.73. The quantitative estimate of drug-likeness (QED) is 0.157.